The van der Waals surface area contributed by atoms with Gasteiger partial charge in [0.2, 0.25) is 0 Å². The number of carbonyl (C=O) groups is 1. The van der Waals surface area contributed by atoms with Gasteiger partial charge >= 0.3 is 0 Å². The summed E-state index contributed by atoms with van der Waals surface area (Å²) in [5, 5.41) is 4.14. The Bertz CT molecular complexity index is 999. The Balaban J connectivity index is 1.46. The Morgan fingerprint density at radius 2 is 2.00 bits per heavy atom. The number of sulfone groups is 1. The van der Waals surface area contributed by atoms with Gasteiger partial charge in [-0.2, -0.15) is 0 Å². The first-order valence-electron chi connectivity index (χ1n) is 9.17. The lowest BCUT2D eigenvalue weighted by Crippen LogP contribution is -2.65. The van der Waals surface area contributed by atoms with Crippen molar-refractivity contribution in [2.75, 3.05) is 19.3 Å². The number of amides is 1. The lowest BCUT2D eigenvalue weighted by atomic mass is 9.77. The first-order valence-corrected chi connectivity index (χ1v) is 11.9. The second-order valence-corrected chi connectivity index (χ2v) is 11.0. The van der Waals surface area contributed by atoms with Gasteiger partial charge < -0.3 is 5.32 Å². The number of benzene rings is 1. The van der Waals surface area contributed by atoms with Crippen LogP contribution in [0, 0.1) is 5.92 Å². The van der Waals surface area contributed by atoms with Gasteiger partial charge in [0.1, 0.15) is 0 Å². The van der Waals surface area contributed by atoms with Crippen LogP contribution in [-0.2, 0) is 9.84 Å². The number of nitrogens with one attached hydrogen (secondary N) is 1. The van der Waals surface area contributed by atoms with Gasteiger partial charge in [-0.3, -0.25) is 9.69 Å². The molecule has 0 radical (unpaired) electrons. The molecule has 7 heteroatoms. The Hall–Kier alpha value is -1.44. The number of fused-ring (bicyclic) bond motifs is 3. The molecule has 26 heavy (non-hydrogen) atoms. The zero-order valence-electron chi connectivity index (χ0n) is 14.7. The maximum Gasteiger partial charge on any atom is 0.261 e. The summed E-state index contributed by atoms with van der Waals surface area (Å²) in [6, 6.07) is 7.28. The summed E-state index contributed by atoms with van der Waals surface area (Å²) >= 11 is 1.28. The van der Waals surface area contributed by atoms with Crippen molar-refractivity contribution < 1.29 is 13.2 Å². The van der Waals surface area contributed by atoms with Crippen LogP contribution in [0.1, 0.15) is 35.4 Å². The van der Waals surface area contributed by atoms with Crippen LogP contribution < -0.4 is 5.32 Å². The van der Waals surface area contributed by atoms with E-state index in [1.54, 1.807) is 12.1 Å². The fourth-order valence-corrected chi connectivity index (χ4v) is 7.30. The molecule has 4 aliphatic rings. The zero-order chi connectivity index (χ0) is 18.1. The maximum atomic E-state index is 13.0. The summed E-state index contributed by atoms with van der Waals surface area (Å²) in [4.78, 5) is 16.4. The smallest absolute Gasteiger partial charge is 0.261 e. The van der Waals surface area contributed by atoms with Crippen LogP contribution in [0.25, 0.3) is 10.1 Å². The first kappa shape index (κ1) is 16.7. The summed E-state index contributed by atoms with van der Waals surface area (Å²) in [6.07, 6.45) is 5.90. The largest absolute Gasteiger partial charge is 0.346 e. The second kappa shape index (κ2) is 5.53. The number of piperidine rings is 3. The van der Waals surface area contributed by atoms with Crippen LogP contribution in [0.2, 0.25) is 0 Å². The van der Waals surface area contributed by atoms with E-state index in [1.807, 2.05) is 12.1 Å². The molecule has 2 bridgehead atoms. The number of rotatable bonds is 3. The fraction of sp³-hybridized carbons (Fsp3) is 0.526. The average Bonchev–Trinajstić information content (AvgIpc) is 3.26. The molecule has 1 unspecified atom stereocenters. The van der Waals surface area contributed by atoms with E-state index in [9.17, 15) is 13.2 Å². The molecule has 1 aliphatic carbocycles. The third-order valence-corrected chi connectivity index (χ3v) is 8.85. The van der Waals surface area contributed by atoms with Gasteiger partial charge in [0.15, 0.2) is 9.84 Å². The molecule has 138 valence electrons. The van der Waals surface area contributed by atoms with Crippen LogP contribution >= 0.6 is 11.3 Å². The van der Waals surface area contributed by atoms with E-state index in [0.29, 0.717) is 20.4 Å². The average molecular weight is 391 g/mol. The number of carbonyl (C=O) groups excluding carboxylic acids is 1. The Kier molecular flexibility index (Phi) is 3.56. The molecule has 6 rings (SSSR count). The monoisotopic (exact) mass is 390 g/mol. The maximum absolute atomic E-state index is 13.0. The summed E-state index contributed by atoms with van der Waals surface area (Å²) in [6.45, 7) is 2.33. The van der Waals surface area contributed by atoms with Crippen molar-refractivity contribution in [3.63, 3.8) is 0 Å². The number of thiophene rings is 1. The Labute approximate surface area is 157 Å². The molecule has 1 N–H and O–H groups in total. The van der Waals surface area contributed by atoms with Crippen LogP contribution in [0.4, 0.5) is 0 Å². The Morgan fingerprint density at radius 1 is 1.27 bits per heavy atom. The molecule has 1 atom stereocenters. The fourth-order valence-electron chi connectivity index (χ4n) is 4.97. The van der Waals surface area contributed by atoms with Gasteiger partial charge in [-0.15, -0.1) is 11.3 Å². The van der Waals surface area contributed by atoms with Gasteiger partial charge in [0, 0.05) is 11.8 Å². The van der Waals surface area contributed by atoms with E-state index in [4.69, 9.17) is 0 Å². The minimum absolute atomic E-state index is 0.0596. The van der Waals surface area contributed by atoms with E-state index in [-0.39, 0.29) is 17.5 Å². The summed E-state index contributed by atoms with van der Waals surface area (Å²) in [7, 11) is -3.31. The first-order chi connectivity index (χ1) is 12.4. The van der Waals surface area contributed by atoms with Crippen molar-refractivity contribution in [2.24, 2.45) is 5.92 Å². The summed E-state index contributed by atoms with van der Waals surface area (Å²) in [5.41, 5.74) is 0.200. The third kappa shape index (κ3) is 2.44. The van der Waals surface area contributed by atoms with Crippen LogP contribution in [-0.4, -0.2) is 50.2 Å². The lowest BCUT2D eigenvalue weighted by molar-refractivity contribution is -0.00138. The van der Waals surface area contributed by atoms with Crippen molar-refractivity contribution in [3.8, 4) is 0 Å². The molecular weight excluding hydrogens is 368 g/mol. The number of nitrogens with zero attached hydrogens (tertiary/aromatic N) is 1. The highest BCUT2D eigenvalue weighted by Gasteiger charge is 2.60. The molecule has 1 saturated carbocycles. The molecule has 4 fully saturated rings. The summed E-state index contributed by atoms with van der Waals surface area (Å²) in [5.74, 6) is 0.517. The van der Waals surface area contributed by atoms with E-state index in [1.165, 1.54) is 30.4 Å². The molecular formula is C19H22N2O3S2. The highest BCUT2D eigenvalue weighted by Crippen LogP contribution is 2.53. The number of hydrogen-bond acceptors (Lipinski definition) is 5. The van der Waals surface area contributed by atoms with Gasteiger partial charge in [0.05, 0.1) is 20.5 Å². The Morgan fingerprint density at radius 3 is 2.65 bits per heavy atom. The predicted octanol–water partition coefficient (Wildman–Crippen LogP) is 2.66. The van der Waals surface area contributed by atoms with E-state index in [2.05, 4.69) is 10.2 Å². The van der Waals surface area contributed by atoms with E-state index >= 15 is 0 Å². The molecule has 4 heterocycles. The molecule has 1 aromatic heterocycles. The van der Waals surface area contributed by atoms with Crippen molar-refractivity contribution >= 4 is 37.2 Å². The quantitative estimate of drug-likeness (QED) is 0.875. The topological polar surface area (TPSA) is 66.5 Å². The van der Waals surface area contributed by atoms with E-state index in [0.717, 1.165) is 31.3 Å². The minimum Gasteiger partial charge on any atom is -0.346 e. The van der Waals surface area contributed by atoms with Gasteiger partial charge in [-0.25, -0.2) is 8.42 Å². The lowest BCUT2D eigenvalue weighted by Gasteiger charge is -2.52. The molecule has 1 amide bonds. The molecule has 1 aromatic carbocycles. The van der Waals surface area contributed by atoms with E-state index < -0.39 is 9.84 Å². The van der Waals surface area contributed by atoms with Gasteiger partial charge in [-0.05, 0) is 62.2 Å². The van der Waals surface area contributed by atoms with Crippen LogP contribution in [0.5, 0.6) is 0 Å². The van der Waals surface area contributed by atoms with Crippen molar-refractivity contribution in [1.29, 1.82) is 0 Å². The predicted molar refractivity (Wildman–Crippen MR) is 102 cm³/mol. The van der Waals surface area contributed by atoms with Crippen LogP contribution in [0.15, 0.2) is 29.2 Å². The highest BCUT2D eigenvalue weighted by atomic mass is 32.2. The van der Waals surface area contributed by atoms with Crippen molar-refractivity contribution in [2.45, 2.75) is 42.2 Å². The van der Waals surface area contributed by atoms with Crippen LogP contribution in [0.3, 0.4) is 0 Å². The molecule has 2 aromatic rings. The molecule has 1 spiro atoms. The van der Waals surface area contributed by atoms with Gasteiger partial charge in [-0.1, -0.05) is 12.1 Å². The van der Waals surface area contributed by atoms with Crippen molar-refractivity contribution in [3.05, 3.63) is 29.1 Å². The molecule has 3 aliphatic heterocycles. The minimum atomic E-state index is -3.31. The second-order valence-electron chi connectivity index (χ2n) is 7.94. The molecule has 5 nitrogen and oxygen atoms in total. The van der Waals surface area contributed by atoms with Crippen molar-refractivity contribution in [1.82, 2.24) is 10.2 Å². The standard InChI is InChI=1S/C19H22N2O3S2/c1-26(23,24)15-4-2-3-13-11-14(25-16(13)15)18(22)20-17-12-5-9-21(10-6-12)19(17)7-8-19/h2-4,11-12,17H,5-10H2,1H3,(H,20,22). The number of hydrogen-bond donors (Lipinski definition) is 1. The highest BCUT2D eigenvalue weighted by molar-refractivity contribution is 7.91. The van der Waals surface area contributed by atoms with Gasteiger partial charge in [0.25, 0.3) is 5.91 Å². The molecule has 3 saturated heterocycles. The summed E-state index contributed by atoms with van der Waals surface area (Å²) < 4.78 is 24.7. The normalized spacial score (nSPS) is 29.2. The zero-order valence-corrected chi connectivity index (χ0v) is 16.3. The SMILES string of the molecule is CS(=O)(=O)c1cccc2cc(C(=O)NC3C4CCN(CC4)C34CC4)sc12. The third-order valence-electron chi connectivity index (χ3n) is 6.40.